The van der Waals surface area contributed by atoms with E-state index in [1.807, 2.05) is 6.07 Å². The second kappa shape index (κ2) is 8.78. The number of carbonyl (C=O) groups excluding carboxylic acids is 1. The Hall–Kier alpha value is -2.02. The Morgan fingerprint density at radius 2 is 1.83 bits per heavy atom. The van der Waals surface area contributed by atoms with Gasteiger partial charge in [0.2, 0.25) is 5.91 Å². The fourth-order valence-corrected chi connectivity index (χ4v) is 4.75. The predicted octanol–water partition coefficient (Wildman–Crippen LogP) is 5.61. The second-order valence-electron chi connectivity index (χ2n) is 6.88. The first-order chi connectivity index (χ1) is 14.1. The largest absolute Gasteiger partial charge is 0.323 e. The standard InChI is InChI=1S/C21H20Cl2N4OS/c1-2-27-20(15-11-14(15)13-7-4-3-5-8-13)25-26-21(27)29-12-18(28)24-19-16(22)9-6-10-17(19)23/h3-10,14-15H,2,11-12H2,1H3,(H,24,28). The van der Waals surface area contributed by atoms with Gasteiger partial charge in [0.25, 0.3) is 0 Å². The summed E-state index contributed by atoms with van der Waals surface area (Å²) in [5.74, 6) is 1.89. The Kier molecular flexibility index (Phi) is 6.13. The minimum absolute atomic E-state index is 0.189. The zero-order valence-electron chi connectivity index (χ0n) is 15.8. The SMILES string of the molecule is CCn1c(SCC(=O)Nc2c(Cl)cccc2Cl)nnc1C1CC1c1ccccc1. The van der Waals surface area contributed by atoms with Gasteiger partial charge in [-0.25, -0.2) is 0 Å². The van der Waals surface area contributed by atoms with Crippen molar-refractivity contribution in [1.82, 2.24) is 14.8 Å². The smallest absolute Gasteiger partial charge is 0.234 e. The maximum Gasteiger partial charge on any atom is 0.234 e. The highest BCUT2D eigenvalue weighted by molar-refractivity contribution is 7.99. The summed E-state index contributed by atoms with van der Waals surface area (Å²) in [6.45, 7) is 2.83. The van der Waals surface area contributed by atoms with Gasteiger partial charge in [-0.05, 0) is 37.0 Å². The van der Waals surface area contributed by atoms with E-state index in [4.69, 9.17) is 23.2 Å². The number of nitrogens with zero attached hydrogens (tertiary/aromatic N) is 3. The number of thioether (sulfide) groups is 1. The zero-order valence-corrected chi connectivity index (χ0v) is 18.1. The Morgan fingerprint density at radius 1 is 1.10 bits per heavy atom. The number of nitrogens with one attached hydrogen (secondary N) is 1. The number of halogens is 2. The van der Waals surface area contributed by atoms with Crippen LogP contribution in [-0.4, -0.2) is 26.4 Å². The van der Waals surface area contributed by atoms with E-state index in [-0.39, 0.29) is 11.7 Å². The summed E-state index contributed by atoms with van der Waals surface area (Å²) in [4.78, 5) is 12.4. The highest BCUT2D eigenvalue weighted by atomic mass is 35.5. The van der Waals surface area contributed by atoms with Crippen molar-refractivity contribution in [2.75, 3.05) is 11.1 Å². The van der Waals surface area contributed by atoms with Gasteiger partial charge in [-0.1, -0.05) is 71.4 Å². The summed E-state index contributed by atoms with van der Waals surface area (Å²) >= 11 is 13.6. The van der Waals surface area contributed by atoms with Crippen LogP contribution in [0.4, 0.5) is 5.69 Å². The van der Waals surface area contributed by atoms with Crippen LogP contribution >= 0.6 is 35.0 Å². The van der Waals surface area contributed by atoms with E-state index in [0.717, 1.165) is 23.9 Å². The third-order valence-electron chi connectivity index (χ3n) is 4.97. The lowest BCUT2D eigenvalue weighted by Crippen LogP contribution is -2.15. The van der Waals surface area contributed by atoms with E-state index < -0.39 is 0 Å². The summed E-state index contributed by atoms with van der Waals surface area (Å²) in [6.07, 6.45) is 1.08. The molecule has 2 unspecified atom stereocenters. The molecule has 150 valence electrons. The van der Waals surface area contributed by atoms with Gasteiger partial charge >= 0.3 is 0 Å². The number of hydrogen-bond acceptors (Lipinski definition) is 4. The number of rotatable bonds is 7. The van der Waals surface area contributed by atoms with Crippen molar-refractivity contribution >= 4 is 46.6 Å². The molecule has 1 fully saturated rings. The Labute approximate surface area is 183 Å². The molecule has 2 aromatic carbocycles. The van der Waals surface area contributed by atoms with Crippen LogP contribution in [0.1, 0.15) is 36.6 Å². The molecule has 3 aromatic rings. The fourth-order valence-electron chi connectivity index (χ4n) is 3.45. The van der Waals surface area contributed by atoms with E-state index in [9.17, 15) is 4.79 Å². The number of para-hydroxylation sites is 1. The highest BCUT2D eigenvalue weighted by Crippen LogP contribution is 2.54. The average Bonchev–Trinajstić information content (AvgIpc) is 3.42. The lowest BCUT2D eigenvalue weighted by molar-refractivity contribution is -0.113. The van der Waals surface area contributed by atoms with E-state index in [2.05, 4.69) is 51.3 Å². The molecule has 1 amide bonds. The van der Waals surface area contributed by atoms with Gasteiger partial charge in [0.1, 0.15) is 5.82 Å². The van der Waals surface area contributed by atoms with Gasteiger partial charge in [0.15, 0.2) is 5.16 Å². The molecule has 1 aliphatic rings. The summed E-state index contributed by atoms with van der Waals surface area (Å²) in [5.41, 5.74) is 1.77. The number of amides is 1. The maximum absolute atomic E-state index is 12.4. The number of benzene rings is 2. The maximum atomic E-state index is 12.4. The fraction of sp³-hybridized carbons (Fsp3) is 0.286. The molecule has 29 heavy (non-hydrogen) atoms. The minimum atomic E-state index is -0.189. The van der Waals surface area contributed by atoms with Crippen LogP contribution in [0, 0.1) is 0 Å². The van der Waals surface area contributed by atoms with Crippen LogP contribution < -0.4 is 5.32 Å². The summed E-state index contributed by atoms with van der Waals surface area (Å²) in [6, 6.07) is 15.6. The summed E-state index contributed by atoms with van der Waals surface area (Å²) < 4.78 is 2.11. The summed E-state index contributed by atoms with van der Waals surface area (Å²) in [5, 5.41) is 13.1. The van der Waals surface area contributed by atoms with Crippen molar-refractivity contribution < 1.29 is 4.79 Å². The number of hydrogen-bond donors (Lipinski definition) is 1. The van der Waals surface area contributed by atoms with Gasteiger partial charge in [0.05, 0.1) is 21.5 Å². The number of anilines is 1. The van der Waals surface area contributed by atoms with Crippen LogP contribution in [-0.2, 0) is 11.3 Å². The molecule has 1 heterocycles. The van der Waals surface area contributed by atoms with E-state index in [1.54, 1.807) is 18.2 Å². The quantitative estimate of drug-likeness (QED) is 0.479. The topological polar surface area (TPSA) is 59.8 Å². The molecule has 1 aromatic heterocycles. The molecule has 0 saturated heterocycles. The Balaban J connectivity index is 1.41. The normalized spacial score (nSPS) is 17.9. The predicted molar refractivity (Wildman–Crippen MR) is 118 cm³/mol. The first-order valence-electron chi connectivity index (χ1n) is 9.43. The van der Waals surface area contributed by atoms with Crippen LogP contribution in [0.2, 0.25) is 10.0 Å². The van der Waals surface area contributed by atoms with Crippen LogP contribution in [0.25, 0.3) is 0 Å². The third-order valence-corrected chi connectivity index (χ3v) is 6.57. The average molecular weight is 447 g/mol. The molecular weight excluding hydrogens is 427 g/mol. The van der Waals surface area contributed by atoms with Crippen molar-refractivity contribution in [3.8, 4) is 0 Å². The molecular formula is C21H20Cl2N4OS. The third kappa shape index (κ3) is 4.44. The lowest BCUT2D eigenvalue weighted by atomic mass is 10.1. The van der Waals surface area contributed by atoms with Crippen molar-refractivity contribution in [1.29, 1.82) is 0 Å². The van der Waals surface area contributed by atoms with E-state index in [1.165, 1.54) is 17.3 Å². The zero-order chi connectivity index (χ0) is 20.4. The molecule has 1 aliphatic carbocycles. The second-order valence-corrected chi connectivity index (χ2v) is 8.63. The van der Waals surface area contributed by atoms with Gasteiger partial charge < -0.3 is 9.88 Å². The van der Waals surface area contributed by atoms with Crippen molar-refractivity contribution in [3.05, 3.63) is 70.0 Å². The molecule has 0 radical (unpaired) electrons. The van der Waals surface area contributed by atoms with Gasteiger partial charge in [-0.15, -0.1) is 10.2 Å². The first kappa shape index (κ1) is 20.3. The molecule has 4 rings (SSSR count). The van der Waals surface area contributed by atoms with Crippen molar-refractivity contribution in [2.24, 2.45) is 0 Å². The Bertz CT molecular complexity index is 1000. The molecule has 0 bridgehead atoms. The van der Waals surface area contributed by atoms with Gasteiger partial charge in [-0.3, -0.25) is 4.79 Å². The number of aromatic nitrogens is 3. The Morgan fingerprint density at radius 3 is 2.52 bits per heavy atom. The first-order valence-corrected chi connectivity index (χ1v) is 11.2. The lowest BCUT2D eigenvalue weighted by Gasteiger charge is -2.10. The molecule has 2 atom stereocenters. The monoisotopic (exact) mass is 446 g/mol. The molecule has 5 nitrogen and oxygen atoms in total. The van der Waals surface area contributed by atoms with Gasteiger partial charge in [-0.2, -0.15) is 0 Å². The molecule has 8 heteroatoms. The molecule has 1 saturated carbocycles. The highest BCUT2D eigenvalue weighted by Gasteiger charge is 2.43. The van der Waals surface area contributed by atoms with Gasteiger partial charge in [0, 0.05) is 12.5 Å². The summed E-state index contributed by atoms with van der Waals surface area (Å²) in [7, 11) is 0. The van der Waals surface area contributed by atoms with Crippen molar-refractivity contribution in [2.45, 2.75) is 36.9 Å². The van der Waals surface area contributed by atoms with Crippen molar-refractivity contribution in [3.63, 3.8) is 0 Å². The molecule has 0 aliphatic heterocycles. The van der Waals surface area contributed by atoms with E-state index >= 15 is 0 Å². The van der Waals surface area contributed by atoms with Crippen LogP contribution in [0.3, 0.4) is 0 Å². The van der Waals surface area contributed by atoms with Crippen LogP contribution in [0.15, 0.2) is 53.7 Å². The number of carbonyl (C=O) groups is 1. The minimum Gasteiger partial charge on any atom is -0.323 e. The molecule has 1 N–H and O–H groups in total. The van der Waals surface area contributed by atoms with Crippen LogP contribution in [0.5, 0.6) is 0 Å². The molecule has 0 spiro atoms. The van der Waals surface area contributed by atoms with E-state index in [0.29, 0.717) is 27.6 Å².